The second kappa shape index (κ2) is 31.8. The summed E-state index contributed by atoms with van der Waals surface area (Å²) in [6, 6.07) is 0. The number of carbonyl (C=O) groups is 2. The topological polar surface area (TPSA) is 71.4 Å². The number of allylic oxidation sites excluding steroid dienone is 2. The highest BCUT2D eigenvalue weighted by Crippen LogP contribution is 2.16. The first kappa shape index (κ1) is 44.9. The Balaban J connectivity index is 2.13. The fourth-order valence-electron chi connectivity index (χ4n) is 6.38. The van der Waals surface area contributed by atoms with E-state index < -0.39 is 0 Å². The Morgan fingerprint density at radius 2 is 1.24 bits per heavy atom. The molecule has 0 amide bonds. The van der Waals surface area contributed by atoms with Gasteiger partial charge in [0.25, 0.3) is 0 Å². The van der Waals surface area contributed by atoms with E-state index in [1.807, 2.05) is 12.4 Å². The Hall–Kier alpha value is -2.15. The zero-order valence-corrected chi connectivity index (χ0v) is 32.7. The van der Waals surface area contributed by atoms with Gasteiger partial charge in [0.05, 0.1) is 19.8 Å². The van der Waals surface area contributed by atoms with Gasteiger partial charge in [-0.1, -0.05) is 96.6 Å². The average molecular weight is 688 g/mol. The van der Waals surface area contributed by atoms with Crippen LogP contribution < -0.4 is 0 Å². The summed E-state index contributed by atoms with van der Waals surface area (Å²) in [6.07, 6.45) is 31.3. The van der Waals surface area contributed by atoms with E-state index in [0.29, 0.717) is 37.9 Å². The van der Waals surface area contributed by atoms with Crippen LogP contribution in [0.3, 0.4) is 0 Å². The lowest BCUT2D eigenvalue weighted by atomic mass is 9.99. The van der Waals surface area contributed by atoms with Crippen molar-refractivity contribution in [2.24, 2.45) is 16.8 Å². The maximum atomic E-state index is 12.1. The van der Waals surface area contributed by atoms with Gasteiger partial charge in [-0.25, -0.2) is 0 Å². The quantitative estimate of drug-likeness (QED) is 0.0388. The summed E-state index contributed by atoms with van der Waals surface area (Å²) in [6.45, 7) is 17.6. The molecule has 0 bridgehead atoms. The number of rotatable bonds is 33. The van der Waals surface area contributed by atoms with Crippen molar-refractivity contribution < 1.29 is 19.1 Å². The minimum absolute atomic E-state index is 0.0209. The van der Waals surface area contributed by atoms with Gasteiger partial charge in [-0.05, 0) is 103 Å². The van der Waals surface area contributed by atoms with Crippen LogP contribution in [-0.4, -0.2) is 73.9 Å². The average Bonchev–Trinajstić information content (AvgIpc) is 3.08. The molecule has 0 aliphatic carbocycles. The molecule has 284 valence electrons. The van der Waals surface area contributed by atoms with E-state index >= 15 is 0 Å². The molecule has 0 aromatic heterocycles. The Morgan fingerprint density at radius 1 is 0.735 bits per heavy atom. The summed E-state index contributed by atoms with van der Waals surface area (Å²) in [4.78, 5) is 33.3. The number of unbranched alkanes of at least 4 members (excludes halogenated alkanes) is 10. The van der Waals surface area contributed by atoms with Gasteiger partial charge < -0.3 is 19.3 Å². The number of aliphatic imine (C=N–C) groups is 1. The van der Waals surface area contributed by atoms with Crippen LogP contribution in [0.5, 0.6) is 0 Å². The van der Waals surface area contributed by atoms with Crippen molar-refractivity contribution in [1.82, 2.24) is 9.80 Å². The third kappa shape index (κ3) is 29.3. The molecule has 1 heterocycles. The smallest absolute Gasteiger partial charge is 0.305 e. The molecule has 2 unspecified atom stereocenters. The minimum atomic E-state index is -0.0283. The normalized spacial score (nSPS) is 13.9. The standard InChI is InChI=1S/C42H77N3O4/c1-6-21-39(4)24-26-41(46)48-36-17-13-9-7-11-15-30-44(32-20-33-45-34-28-43-29-35-45)31-16-12-8-10-14-18-37-49-42(47)27-25-40(5)23-19-22-38(2)3/h22,28-29,34,39-40H,6-21,23-27,30-33,35-37H2,1-5H3. The molecule has 0 N–H and O–H groups in total. The summed E-state index contributed by atoms with van der Waals surface area (Å²) >= 11 is 0. The third-order valence-corrected chi connectivity index (χ3v) is 9.64. The van der Waals surface area contributed by atoms with Crippen molar-refractivity contribution in [2.75, 3.05) is 45.9 Å². The Kier molecular flexibility index (Phi) is 29.1. The van der Waals surface area contributed by atoms with Crippen LogP contribution >= 0.6 is 0 Å². The molecule has 0 fully saturated rings. The van der Waals surface area contributed by atoms with E-state index in [1.54, 1.807) is 0 Å². The number of carbonyl (C=O) groups excluding carboxylic acids is 2. The number of hydrogen-bond donors (Lipinski definition) is 0. The number of nitrogens with zero attached hydrogens (tertiary/aromatic N) is 3. The maximum absolute atomic E-state index is 12.1. The molecule has 7 heteroatoms. The predicted molar refractivity (Wildman–Crippen MR) is 208 cm³/mol. The van der Waals surface area contributed by atoms with Crippen molar-refractivity contribution in [2.45, 2.75) is 169 Å². The molecule has 0 aromatic carbocycles. The molecule has 0 radical (unpaired) electrons. The van der Waals surface area contributed by atoms with Gasteiger partial charge in [-0.2, -0.15) is 0 Å². The van der Waals surface area contributed by atoms with Gasteiger partial charge in [0.15, 0.2) is 0 Å². The zero-order valence-electron chi connectivity index (χ0n) is 32.7. The molecule has 0 spiro atoms. The molecule has 1 aliphatic heterocycles. The largest absolute Gasteiger partial charge is 0.466 e. The van der Waals surface area contributed by atoms with Crippen LogP contribution in [0.25, 0.3) is 0 Å². The lowest BCUT2D eigenvalue weighted by molar-refractivity contribution is -0.145. The van der Waals surface area contributed by atoms with Crippen molar-refractivity contribution >= 4 is 18.2 Å². The van der Waals surface area contributed by atoms with Crippen molar-refractivity contribution in [3.63, 3.8) is 0 Å². The second-order valence-corrected chi connectivity index (χ2v) is 14.9. The monoisotopic (exact) mass is 688 g/mol. The number of hydrogen-bond acceptors (Lipinski definition) is 7. The molecule has 0 aromatic rings. The summed E-state index contributed by atoms with van der Waals surface area (Å²) in [7, 11) is 0. The van der Waals surface area contributed by atoms with Crippen LogP contribution in [0.4, 0.5) is 0 Å². The minimum Gasteiger partial charge on any atom is -0.466 e. The summed E-state index contributed by atoms with van der Waals surface area (Å²) in [5.74, 6) is 1.13. The first-order valence-electron chi connectivity index (χ1n) is 20.4. The number of ether oxygens (including phenoxy) is 2. The van der Waals surface area contributed by atoms with E-state index in [9.17, 15) is 9.59 Å². The van der Waals surface area contributed by atoms with E-state index in [0.717, 1.165) is 71.0 Å². The highest BCUT2D eigenvalue weighted by Gasteiger charge is 2.10. The Bertz CT molecular complexity index is 898. The van der Waals surface area contributed by atoms with Gasteiger partial charge in [0.1, 0.15) is 0 Å². The molecular weight excluding hydrogens is 610 g/mol. The second-order valence-electron chi connectivity index (χ2n) is 14.9. The van der Waals surface area contributed by atoms with E-state index in [1.165, 1.54) is 89.3 Å². The molecule has 1 rings (SSSR count). The number of esters is 2. The van der Waals surface area contributed by atoms with E-state index in [4.69, 9.17) is 9.47 Å². The lowest BCUT2D eigenvalue weighted by Crippen LogP contribution is -2.31. The van der Waals surface area contributed by atoms with Crippen LogP contribution in [0.15, 0.2) is 29.0 Å². The molecular formula is C42H77N3O4. The van der Waals surface area contributed by atoms with Gasteiger partial charge >= 0.3 is 11.9 Å². The molecule has 0 saturated heterocycles. The predicted octanol–water partition coefficient (Wildman–Crippen LogP) is 10.7. The van der Waals surface area contributed by atoms with Crippen LogP contribution in [-0.2, 0) is 19.1 Å². The van der Waals surface area contributed by atoms with Gasteiger partial charge in [-0.15, -0.1) is 0 Å². The van der Waals surface area contributed by atoms with Gasteiger partial charge in [0.2, 0.25) is 0 Å². The van der Waals surface area contributed by atoms with E-state index in [-0.39, 0.29) is 11.9 Å². The van der Waals surface area contributed by atoms with Crippen LogP contribution in [0.1, 0.15) is 169 Å². The van der Waals surface area contributed by atoms with Crippen molar-refractivity contribution in [3.05, 3.63) is 24.0 Å². The Labute approximate surface area is 302 Å². The fraction of sp³-hybridized carbons (Fsp3) is 0.833. The lowest BCUT2D eigenvalue weighted by Gasteiger charge is -2.25. The SMILES string of the molecule is CCCC(C)CCC(=O)OCCCCCCCCN(CCCCCCCCOC(=O)CCC(C)CCC=C(C)C)CCCN1C=CN=CC1. The van der Waals surface area contributed by atoms with Crippen LogP contribution in [0, 0.1) is 11.8 Å². The first-order valence-corrected chi connectivity index (χ1v) is 20.4. The van der Waals surface area contributed by atoms with Crippen molar-refractivity contribution in [3.8, 4) is 0 Å². The first-order chi connectivity index (χ1) is 23.8. The summed E-state index contributed by atoms with van der Waals surface area (Å²) < 4.78 is 10.9. The van der Waals surface area contributed by atoms with E-state index in [2.05, 4.69) is 61.7 Å². The highest BCUT2D eigenvalue weighted by atomic mass is 16.5. The molecule has 0 saturated carbocycles. The van der Waals surface area contributed by atoms with Gasteiger partial charge in [0, 0.05) is 38.0 Å². The molecule has 49 heavy (non-hydrogen) atoms. The molecule has 2 atom stereocenters. The summed E-state index contributed by atoms with van der Waals surface area (Å²) in [5.41, 5.74) is 1.37. The van der Waals surface area contributed by atoms with Gasteiger partial charge in [-0.3, -0.25) is 14.6 Å². The Morgan fingerprint density at radius 3 is 1.76 bits per heavy atom. The van der Waals surface area contributed by atoms with Crippen molar-refractivity contribution in [1.29, 1.82) is 0 Å². The zero-order chi connectivity index (χ0) is 35.8. The highest BCUT2D eigenvalue weighted by molar-refractivity contribution is 5.69. The van der Waals surface area contributed by atoms with Crippen LogP contribution in [0.2, 0.25) is 0 Å². The molecule has 1 aliphatic rings. The fourth-order valence-corrected chi connectivity index (χ4v) is 6.38. The summed E-state index contributed by atoms with van der Waals surface area (Å²) in [5, 5.41) is 0. The third-order valence-electron chi connectivity index (χ3n) is 9.64. The molecule has 7 nitrogen and oxygen atoms in total. The maximum Gasteiger partial charge on any atom is 0.305 e.